The molecule has 78 valence electrons. The van der Waals surface area contributed by atoms with Crippen LogP contribution in [0.5, 0.6) is 0 Å². The van der Waals surface area contributed by atoms with Gasteiger partial charge in [-0.15, -0.1) is 0 Å². The van der Waals surface area contributed by atoms with Crippen molar-refractivity contribution in [1.29, 1.82) is 0 Å². The van der Waals surface area contributed by atoms with Crippen molar-refractivity contribution in [1.82, 2.24) is 14.9 Å². The number of aliphatic hydroxyl groups is 1. The second kappa shape index (κ2) is 4.02. The van der Waals surface area contributed by atoms with E-state index in [2.05, 4.69) is 9.97 Å². The smallest absolute Gasteiger partial charge is 0.115 e. The molecule has 1 aromatic rings. The van der Waals surface area contributed by atoms with Crippen LogP contribution in [0.25, 0.3) is 0 Å². The lowest BCUT2D eigenvalue weighted by Gasteiger charge is -2.36. The Balaban J connectivity index is 2.90. The van der Waals surface area contributed by atoms with Crippen LogP contribution >= 0.6 is 0 Å². The molecular formula is C10H17N3O. The van der Waals surface area contributed by atoms with Crippen LogP contribution in [0.3, 0.4) is 0 Å². The van der Waals surface area contributed by atoms with E-state index in [4.69, 9.17) is 0 Å². The standard InChI is InChI=1S/C10H17N3O/c1-10(2,13(3)4)9(14)8-7-11-5-6-12-8/h5-7,9,14H,1-4H3. The Morgan fingerprint density at radius 3 is 2.43 bits per heavy atom. The summed E-state index contributed by atoms with van der Waals surface area (Å²) in [4.78, 5) is 9.99. The van der Waals surface area contributed by atoms with Gasteiger partial charge < -0.3 is 10.0 Å². The highest BCUT2D eigenvalue weighted by Gasteiger charge is 2.32. The average Bonchev–Trinajstić information content (AvgIpc) is 2.17. The Labute approximate surface area is 84.6 Å². The first-order chi connectivity index (χ1) is 6.46. The predicted octanol–water partition coefficient (Wildman–Crippen LogP) is 0.850. The van der Waals surface area contributed by atoms with Crippen LogP contribution in [0.2, 0.25) is 0 Å². The lowest BCUT2D eigenvalue weighted by atomic mass is 9.94. The van der Waals surface area contributed by atoms with Crippen LogP contribution in [0.15, 0.2) is 18.6 Å². The monoisotopic (exact) mass is 195 g/mol. The molecule has 0 fully saturated rings. The molecule has 0 bridgehead atoms. The van der Waals surface area contributed by atoms with Gasteiger partial charge in [-0.25, -0.2) is 0 Å². The fourth-order valence-corrected chi connectivity index (χ4v) is 1.06. The molecular weight excluding hydrogens is 178 g/mol. The van der Waals surface area contributed by atoms with E-state index in [1.165, 1.54) is 0 Å². The summed E-state index contributed by atoms with van der Waals surface area (Å²) in [7, 11) is 3.86. The van der Waals surface area contributed by atoms with E-state index in [0.29, 0.717) is 5.69 Å². The Hall–Kier alpha value is -1.00. The molecule has 1 unspecified atom stereocenters. The average molecular weight is 195 g/mol. The predicted molar refractivity (Wildman–Crippen MR) is 54.8 cm³/mol. The van der Waals surface area contributed by atoms with Crippen molar-refractivity contribution in [2.45, 2.75) is 25.5 Å². The number of hydrogen-bond donors (Lipinski definition) is 1. The van der Waals surface area contributed by atoms with Crippen molar-refractivity contribution in [3.05, 3.63) is 24.3 Å². The summed E-state index contributed by atoms with van der Waals surface area (Å²) in [5.74, 6) is 0. The van der Waals surface area contributed by atoms with Gasteiger partial charge in [0.2, 0.25) is 0 Å². The molecule has 4 nitrogen and oxygen atoms in total. The lowest BCUT2D eigenvalue weighted by Crippen LogP contribution is -2.44. The number of nitrogens with zero attached hydrogens (tertiary/aromatic N) is 3. The maximum absolute atomic E-state index is 10.1. The van der Waals surface area contributed by atoms with Crippen LogP contribution in [-0.2, 0) is 0 Å². The van der Waals surface area contributed by atoms with Gasteiger partial charge in [0.25, 0.3) is 0 Å². The first kappa shape index (κ1) is 11.1. The second-order valence-corrected chi connectivity index (χ2v) is 4.08. The summed E-state index contributed by atoms with van der Waals surface area (Å²) in [6.45, 7) is 3.93. The number of aromatic nitrogens is 2. The molecule has 4 heteroatoms. The molecule has 0 aliphatic heterocycles. The molecule has 1 atom stereocenters. The van der Waals surface area contributed by atoms with Crippen LogP contribution in [0, 0.1) is 0 Å². The molecule has 1 heterocycles. The zero-order valence-corrected chi connectivity index (χ0v) is 9.10. The van der Waals surface area contributed by atoms with Gasteiger partial charge in [-0.1, -0.05) is 0 Å². The highest BCUT2D eigenvalue weighted by Crippen LogP contribution is 2.27. The summed E-state index contributed by atoms with van der Waals surface area (Å²) < 4.78 is 0. The molecule has 0 aromatic carbocycles. The molecule has 1 aromatic heterocycles. The normalized spacial score (nSPS) is 14.4. The molecule has 1 N–H and O–H groups in total. The Morgan fingerprint density at radius 1 is 1.36 bits per heavy atom. The van der Waals surface area contributed by atoms with Gasteiger partial charge in [0.1, 0.15) is 6.10 Å². The zero-order chi connectivity index (χ0) is 10.8. The van der Waals surface area contributed by atoms with Crippen molar-refractivity contribution in [2.75, 3.05) is 14.1 Å². The van der Waals surface area contributed by atoms with Crippen molar-refractivity contribution < 1.29 is 5.11 Å². The molecule has 0 saturated heterocycles. The van der Waals surface area contributed by atoms with Crippen molar-refractivity contribution in [3.8, 4) is 0 Å². The van der Waals surface area contributed by atoms with Gasteiger partial charge in [-0.3, -0.25) is 9.97 Å². The number of likely N-dealkylation sites (N-methyl/N-ethyl adjacent to an activating group) is 1. The van der Waals surface area contributed by atoms with Crippen LogP contribution in [0.1, 0.15) is 25.6 Å². The molecule has 0 saturated carbocycles. The largest absolute Gasteiger partial charge is 0.385 e. The van der Waals surface area contributed by atoms with E-state index in [-0.39, 0.29) is 5.54 Å². The van der Waals surface area contributed by atoms with Gasteiger partial charge in [0.05, 0.1) is 11.9 Å². The van der Waals surface area contributed by atoms with E-state index < -0.39 is 6.10 Å². The summed E-state index contributed by atoms with van der Waals surface area (Å²) in [5, 5.41) is 10.1. The lowest BCUT2D eigenvalue weighted by molar-refractivity contribution is 0.0134. The highest BCUT2D eigenvalue weighted by molar-refractivity contribution is 5.06. The Kier molecular flexibility index (Phi) is 3.18. The number of rotatable bonds is 3. The number of aliphatic hydroxyl groups excluding tert-OH is 1. The fourth-order valence-electron chi connectivity index (χ4n) is 1.06. The minimum atomic E-state index is -0.633. The Bertz CT molecular complexity index is 285. The maximum atomic E-state index is 10.1. The van der Waals surface area contributed by atoms with Gasteiger partial charge >= 0.3 is 0 Å². The van der Waals surface area contributed by atoms with Crippen LogP contribution in [0.4, 0.5) is 0 Å². The summed E-state index contributed by atoms with van der Waals surface area (Å²) >= 11 is 0. The summed E-state index contributed by atoms with van der Waals surface area (Å²) in [6.07, 6.45) is 4.14. The summed E-state index contributed by atoms with van der Waals surface area (Å²) in [5.41, 5.74) is 0.252. The molecule has 0 amide bonds. The third kappa shape index (κ3) is 2.08. The molecule has 0 radical (unpaired) electrons. The minimum Gasteiger partial charge on any atom is -0.385 e. The van der Waals surface area contributed by atoms with Crippen LogP contribution < -0.4 is 0 Å². The van der Waals surface area contributed by atoms with Crippen molar-refractivity contribution >= 4 is 0 Å². The maximum Gasteiger partial charge on any atom is 0.115 e. The third-order valence-electron chi connectivity index (χ3n) is 2.69. The second-order valence-electron chi connectivity index (χ2n) is 4.08. The van der Waals surface area contributed by atoms with Gasteiger partial charge in [-0.05, 0) is 27.9 Å². The van der Waals surface area contributed by atoms with E-state index >= 15 is 0 Å². The molecule has 14 heavy (non-hydrogen) atoms. The first-order valence-electron chi connectivity index (χ1n) is 4.57. The molecule has 1 rings (SSSR count). The molecule has 0 aliphatic carbocycles. The van der Waals surface area contributed by atoms with Crippen molar-refractivity contribution in [2.24, 2.45) is 0 Å². The van der Waals surface area contributed by atoms with E-state index in [9.17, 15) is 5.11 Å². The fraction of sp³-hybridized carbons (Fsp3) is 0.600. The van der Waals surface area contributed by atoms with E-state index in [1.807, 2.05) is 32.8 Å². The number of hydrogen-bond acceptors (Lipinski definition) is 4. The topological polar surface area (TPSA) is 49.2 Å². The van der Waals surface area contributed by atoms with E-state index in [0.717, 1.165) is 0 Å². The first-order valence-corrected chi connectivity index (χ1v) is 4.57. The summed E-state index contributed by atoms with van der Waals surface area (Å²) in [6, 6.07) is 0. The SMILES string of the molecule is CN(C)C(C)(C)C(O)c1cnccn1. The minimum absolute atomic E-state index is 0.351. The quantitative estimate of drug-likeness (QED) is 0.776. The Morgan fingerprint density at radius 2 is 2.00 bits per heavy atom. The van der Waals surface area contributed by atoms with Gasteiger partial charge in [0, 0.05) is 17.9 Å². The highest BCUT2D eigenvalue weighted by atomic mass is 16.3. The third-order valence-corrected chi connectivity index (χ3v) is 2.69. The van der Waals surface area contributed by atoms with Crippen molar-refractivity contribution in [3.63, 3.8) is 0 Å². The van der Waals surface area contributed by atoms with Crippen LogP contribution in [-0.4, -0.2) is 39.6 Å². The molecule has 0 spiro atoms. The van der Waals surface area contributed by atoms with Gasteiger partial charge in [0.15, 0.2) is 0 Å². The molecule has 0 aliphatic rings. The van der Waals surface area contributed by atoms with Gasteiger partial charge in [-0.2, -0.15) is 0 Å². The van der Waals surface area contributed by atoms with E-state index in [1.54, 1.807) is 18.6 Å². The zero-order valence-electron chi connectivity index (χ0n) is 9.10.